The number of hydrogen-bond acceptors (Lipinski definition) is 4. The molecule has 170 valence electrons. The number of anilines is 1. The molecule has 1 N–H and O–H groups in total. The maximum Gasteiger partial charge on any atom is 0.276 e. The van der Waals surface area contributed by atoms with Crippen LogP contribution >= 0.6 is 11.6 Å². The van der Waals surface area contributed by atoms with E-state index < -0.39 is 12.3 Å². The molecule has 1 aromatic carbocycles. The molecular formula is C24H21ClF2N4O2. The zero-order chi connectivity index (χ0) is 23.5. The molecule has 1 aliphatic heterocycles. The van der Waals surface area contributed by atoms with Crippen LogP contribution in [0.4, 0.5) is 14.5 Å². The Labute approximate surface area is 194 Å². The molecule has 1 aliphatic rings. The molecule has 6 nitrogen and oxygen atoms in total. The second-order valence-electron chi connectivity index (χ2n) is 7.74. The van der Waals surface area contributed by atoms with Gasteiger partial charge in [-0.05, 0) is 68.3 Å². The number of aromatic nitrogens is 2. The van der Waals surface area contributed by atoms with Crippen molar-refractivity contribution in [2.24, 2.45) is 0 Å². The lowest BCUT2D eigenvalue weighted by Crippen LogP contribution is -2.36. The highest BCUT2D eigenvalue weighted by atomic mass is 35.5. The van der Waals surface area contributed by atoms with Gasteiger partial charge in [0.05, 0.1) is 23.1 Å². The maximum atomic E-state index is 13.0. The summed E-state index contributed by atoms with van der Waals surface area (Å²) in [6, 6.07) is 12.1. The molecule has 4 rings (SSSR count). The summed E-state index contributed by atoms with van der Waals surface area (Å²) in [6.07, 6.45) is -0.127. The lowest BCUT2D eigenvalue weighted by atomic mass is 10.0. The van der Waals surface area contributed by atoms with Crippen molar-refractivity contribution in [2.75, 3.05) is 11.4 Å². The highest BCUT2D eigenvalue weighted by Crippen LogP contribution is 2.29. The van der Waals surface area contributed by atoms with Crippen LogP contribution in [0.2, 0.25) is 5.02 Å². The van der Waals surface area contributed by atoms with E-state index in [2.05, 4.69) is 15.3 Å². The van der Waals surface area contributed by atoms with Crippen LogP contribution in [0.3, 0.4) is 0 Å². The zero-order valence-corrected chi connectivity index (χ0v) is 18.5. The van der Waals surface area contributed by atoms with Gasteiger partial charge in [-0.2, -0.15) is 0 Å². The monoisotopic (exact) mass is 470 g/mol. The minimum atomic E-state index is -2.68. The largest absolute Gasteiger partial charge is 0.344 e. The number of nitrogens with zero attached hydrogens (tertiary/aromatic N) is 3. The fourth-order valence-electron chi connectivity index (χ4n) is 3.71. The van der Waals surface area contributed by atoms with Gasteiger partial charge in [-0.3, -0.25) is 19.6 Å². The van der Waals surface area contributed by atoms with E-state index in [1.165, 1.54) is 17.2 Å². The fraction of sp³-hybridized carbons (Fsp3) is 0.250. The molecule has 1 atom stereocenters. The van der Waals surface area contributed by atoms with Crippen molar-refractivity contribution in [3.8, 4) is 0 Å². The molecule has 0 radical (unpaired) electrons. The second-order valence-corrected chi connectivity index (χ2v) is 8.18. The van der Waals surface area contributed by atoms with Crippen molar-refractivity contribution in [3.05, 3.63) is 88.0 Å². The molecule has 1 unspecified atom stereocenters. The summed E-state index contributed by atoms with van der Waals surface area (Å²) in [5.41, 5.74) is 2.19. The number of alkyl halides is 2. The first kappa shape index (κ1) is 22.8. The van der Waals surface area contributed by atoms with Crippen LogP contribution in [-0.2, 0) is 6.42 Å². The number of rotatable bonds is 5. The van der Waals surface area contributed by atoms with Crippen molar-refractivity contribution >= 4 is 29.1 Å². The first-order valence-electron chi connectivity index (χ1n) is 10.5. The number of benzene rings is 1. The Morgan fingerprint density at radius 1 is 1.12 bits per heavy atom. The number of aryl methyl sites for hydroxylation is 1. The minimum absolute atomic E-state index is 0.0340. The topological polar surface area (TPSA) is 75.2 Å². The van der Waals surface area contributed by atoms with Gasteiger partial charge in [0.25, 0.3) is 18.2 Å². The van der Waals surface area contributed by atoms with Gasteiger partial charge in [0, 0.05) is 28.9 Å². The molecule has 0 aliphatic carbocycles. The molecule has 2 aromatic heterocycles. The predicted octanol–water partition coefficient (Wildman–Crippen LogP) is 5.15. The summed E-state index contributed by atoms with van der Waals surface area (Å²) < 4.78 is 26.1. The van der Waals surface area contributed by atoms with Crippen LogP contribution in [0.25, 0.3) is 0 Å². The standard InChI is InChI=1S/C24H21ClF2N4O2/c1-14(29-23(32)15-4-6-17(25)7-5-15)18-8-9-21-19(30-18)3-2-12-31(21)24(33)20-13-16(22(26)27)10-11-28-20/h4-11,13-14,22H,2-3,12H2,1H3,(H,29,32). The number of fused-ring (bicyclic) bond motifs is 1. The van der Waals surface area contributed by atoms with Gasteiger partial charge in [0.1, 0.15) is 5.69 Å². The number of carbonyl (C=O) groups is 2. The van der Waals surface area contributed by atoms with Crippen LogP contribution in [0.1, 0.15) is 63.6 Å². The minimum Gasteiger partial charge on any atom is -0.344 e. The van der Waals surface area contributed by atoms with Crippen LogP contribution in [0, 0.1) is 0 Å². The van der Waals surface area contributed by atoms with E-state index in [-0.39, 0.29) is 23.2 Å². The van der Waals surface area contributed by atoms with E-state index in [1.54, 1.807) is 36.4 Å². The van der Waals surface area contributed by atoms with Gasteiger partial charge in [-0.1, -0.05) is 11.6 Å². The first-order chi connectivity index (χ1) is 15.8. The lowest BCUT2D eigenvalue weighted by Gasteiger charge is -2.29. The highest BCUT2D eigenvalue weighted by molar-refractivity contribution is 6.30. The molecule has 0 saturated heterocycles. The summed E-state index contributed by atoms with van der Waals surface area (Å²) >= 11 is 5.87. The second kappa shape index (κ2) is 9.62. The van der Waals surface area contributed by atoms with Crippen LogP contribution in [0.15, 0.2) is 54.7 Å². The van der Waals surface area contributed by atoms with Crippen molar-refractivity contribution in [2.45, 2.75) is 32.2 Å². The first-order valence-corrected chi connectivity index (χ1v) is 10.8. The Balaban J connectivity index is 1.53. The third-order valence-electron chi connectivity index (χ3n) is 5.46. The molecule has 0 bridgehead atoms. The number of halogens is 3. The molecule has 0 spiro atoms. The van der Waals surface area contributed by atoms with Gasteiger partial charge in [0.2, 0.25) is 0 Å². The number of amides is 2. The Morgan fingerprint density at radius 2 is 1.88 bits per heavy atom. The lowest BCUT2D eigenvalue weighted by molar-refractivity contribution is 0.0938. The number of pyridine rings is 2. The molecule has 2 amide bonds. The molecule has 9 heteroatoms. The van der Waals surface area contributed by atoms with Gasteiger partial charge in [-0.15, -0.1) is 0 Å². The predicted molar refractivity (Wildman–Crippen MR) is 121 cm³/mol. The Hall–Kier alpha value is -3.39. The third-order valence-corrected chi connectivity index (χ3v) is 5.71. The number of carbonyl (C=O) groups excluding carboxylic acids is 2. The number of nitrogens with one attached hydrogen (secondary N) is 1. The molecule has 3 aromatic rings. The highest BCUT2D eigenvalue weighted by Gasteiger charge is 2.27. The Bertz CT molecular complexity index is 1190. The van der Waals surface area contributed by atoms with E-state index in [4.69, 9.17) is 11.6 Å². The Kier molecular flexibility index (Phi) is 6.65. The summed E-state index contributed by atoms with van der Waals surface area (Å²) in [4.78, 5) is 35.7. The van der Waals surface area contributed by atoms with Crippen molar-refractivity contribution < 1.29 is 18.4 Å². The van der Waals surface area contributed by atoms with Crippen molar-refractivity contribution in [1.82, 2.24) is 15.3 Å². The van der Waals surface area contributed by atoms with E-state index in [1.807, 2.05) is 6.92 Å². The normalized spacial score (nSPS) is 14.0. The average Bonchev–Trinajstić information content (AvgIpc) is 2.83. The average molecular weight is 471 g/mol. The van der Waals surface area contributed by atoms with E-state index >= 15 is 0 Å². The Morgan fingerprint density at radius 3 is 2.61 bits per heavy atom. The van der Waals surface area contributed by atoms with E-state index in [0.29, 0.717) is 47.0 Å². The molecule has 0 fully saturated rings. The molecule has 0 saturated carbocycles. The summed E-state index contributed by atoms with van der Waals surface area (Å²) in [7, 11) is 0. The fourth-order valence-corrected chi connectivity index (χ4v) is 3.84. The SMILES string of the molecule is CC(NC(=O)c1ccc(Cl)cc1)c1ccc2c(n1)CCCN2C(=O)c1cc(C(F)F)ccn1. The van der Waals surface area contributed by atoms with Gasteiger partial charge in [0.15, 0.2) is 0 Å². The smallest absolute Gasteiger partial charge is 0.276 e. The number of hydrogen-bond donors (Lipinski definition) is 1. The van der Waals surface area contributed by atoms with Crippen molar-refractivity contribution in [1.29, 1.82) is 0 Å². The van der Waals surface area contributed by atoms with Crippen molar-refractivity contribution in [3.63, 3.8) is 0 Å². The van der Waals surface area contributed by atoms with E-state index in [9.17, 15) is 18.4 Å². The molecule has 33 heavy (non-hydrogen) atoms. The summed E-state index contributed by atoms with van der Waals surface area (Å²) in [6.45, 7) is 2.27. The quantitative estimate of drug-likeness (QED) is 0.559. The maximum absolute atomic E-state index is 13.0. The van der Waals surface area contributed by atoms with Gasteiger partial charge in [-0.25, -0.2) is 8.78 Å². The summed E-state index contributed by atoms with van der Waals surface area (Å²) in [5.74, 6) is -0.697. The van der Waals surface area contributed by atoms with Crippen LogP contribution in [0.5, 0.6) is 0 Å². The van der Waals surface area contributed by atoms with E-state index in [0.717, 1.165) is 6.07 Å². The van der Waals surface area contributed by atoms with Crippen LogP contribution < -0.4 is 10.2 Å². The summed E-state index contributed by atoms with van der Waals surface area (Å²) in [5, 5.41) is 3.46. The zero-order valence-electron chi connectivity index (χ0n) is 17.8. The van der Waals surface area contributed by atoms with Gasteiger partial charge >= 0.3 is 0 Å². The molecular weight excluding hydrogens is 450 g/mol. The van der Waals surface area contributed by atoms with Gasteiger partial charge < -0.3 is 10.2 Å². The molecule has 3 heterocycles. The van der Waals surface area contributed by atoms with Crippen LogP contribution in [-0.4, -0.2) is 28.3 Å². The third kappa shape index (κ3) is 5.01.